The number of nitrogens with zero attached hydrogens (tertiary/aromatic N) is 2. The zero-order valence-electron chi connectivity index (χ0n) is 9.48. The van der Waals surface area contributed by atoms with Gasteiger partial charge < -0.3 is 0 Å². The van der Waals surface area contributed by atoms with E-state index in [1.165, 1.54) is 6.07 Å². The van der Waals surface area contributed by atoms with Gasteiger partial charge in [-0.25, -0.2) is 4.39 Å². The van der Waals surface area contributed by atoms with Crippen molar-refractivity contribution in [3.05, 3.63) is 58.9 Å². The molecule has 1 unspecified atom stereocenters. The SMILES string of the molecule is NNC(Cc1ccc(F)c(Cl)c1)c1cnccn1. The molecule has 0 bridgehead atoms. The predicted octanol–water partition coefficient (Wildman–Crippen LogP) is 2.02. The Bertz CT molecular complexity index is 521. The molecule has 0 spiro atoms. The summed E-state index contributed by atoms with van der Waals surface area (Å²) in [4.78, 5) is 8.16. The zero-order valence-corrected chi connectivity index (χ0v) is 10.2. The summed E-state index contributed by atoms with van der Waals surface area (Å²) in [5.41, 5.74) is 4.25. The Morgan fingerprint density at radius 3 is 2.83 bits per heavy atom. The second-order valence-electron chi connectivity index (χ2n) is 3.80. The molecule has 1 aromatic carbocycles. The molecule has 1 aromatic heterocycles. The molecule has 0 radical (unpaired) electrons. The van der Waals surface area contributed by atoms with Crippen LogP contribution in [0.2, 0.25) is 5.02 Å². The molecule has 4 nitrogen and oxygen atoms in total. The fourth-order valence-electron chi connectivity index (χ4n) is 1.64. The zero-order chi connectivity index (χ0) is 13.0. The van der Waals surface area contributed by atoms with Crippen molar-refractivity contribution in [3.63, 3.8) is 0 Å². The lowest BCUT2D eigenvalue weighted by Crippen LogP contribution is -2.30. The van der Waals surface area contributed by atoms with Crippen LogP contribution in [0, 0.1) is 5.82 Å². The van der Waals surface area contributed by atoms with Gasteiger partial charge in [0.2, 0.25) is 0 Å². The number of hydrogen-bond donors (Lipinski definition) is 2. The number of rotatable bonds is 4. The van der Waals surface area contributed by atoms with Crippen LogP contribution in [-0.4, -0.2) is 9.97 Å². The van der Waals surface area contributed by atoms with Crippen LogP contribution in [0.5, 0.6) is 0 Å². The van der Waals surface area contributed by atoms with Crippen molar-refractivity contribution in [2.75, 3.05) is 0 Å². The fourth-order valence-corrected chi connectivity index (χ4v) is 1.84. The van der Waals surface area contributed by atoms with Gasteiger partial charge in [0.15, 0.2) is 0 Å². The quantitative estimate of drug-likeness (QED) is 0.656. The van der Waals surface area contributed by atoms with Crippen LogP contribution in [0.1, 0.15) is 17.3 Å². The van der Waals surface area contributed by atoms with Gasteiger partial charge in [0, 0.05) is 12.4 Å². The first kappa shape index (κ1) is 12.9. The van der Waals surface area contributed by atoms with Crippen LogP contribution in [0.3, 0.4) is 0 Å². The maximum atomic E-state index is 13.0. The van der Waals surface area contributed by atoms with Gasteiger partial charge in [-0.15, -0.1) is 0 Å². The van der Waals surface area contributed by atoms with Crippen LogP contribution in [-0.2, 0) is 6.42 Å². The largest absolute Gasteiger partial charge is 0.271 e. The maximum absolute atomic E-state index is 13.0. The molecule has 0 aliphatic carbocycles. The second kappa shape index (κ2) is 5.86. The highest BCUT2D eigenvalue weighted by atomic mass is 35.5. The smallest absolute Gasteiger partial charge is 0.141 e. The van der Waals surface area contributed by atoms with Gasteiger partial charge in [-0.2, -0.15) is 0 Å². The van der Waals surface area contributed by atoms with Crippen LogP contribution >= 0.6 is 11.6 Å². The molecule has 1 heterocycles. The Hall–Kier alpha value is -1.56. The minimum atomic E-state index is -0.433. The van der Waals surface area contributed by atoms with Crippen molar-refractivity contribution >= 4 is 11.6 Å². The summed E-state index contributed by atoms with van der Waals surface area (Å²) in [6, 6.07) is 4.39. The number of nitrogens with two attached hydrogens (primary N) is 1. The fraction of sp³-hybridized carbons (Fsp3) is 0.167. The van der Waals surface area contributed by atoms with Gasteiger partial charge in [-0.05, 0) is 24.1 Å². The summed E-state index contributed by atoms with van der Waals surface area (Å²) < 4.78 is 13.0. The number of hydrazine groups is 1. The first-order chi connectivity index (χ1) is 8.70. The van der Waals surface area contributed by atoms with E-state index in [2.05, 4.69) is 15.4 Å². The van der Waals surface area contributed by atoms with E-state index in [9.17, 15) is 4.39 Å². The molecule has 18 heavy (non-hydrogen) atoms. The number of hydrogen-bond acceptors (Lipinski definition) is 4. The van der Waals surface area contributed by atoms with E-state index in [1.807, 2.05) is 0 Å². The van der Waals surface area contributed by atoms with Crippen LogP contribution in [0.15, 0.2) is 36.8 Å². The molecular formula is C12H12ClFN4. The highest BCUT2D eigenvalue weighted by Gasteiger charge is 2.13. The van der Waals surface area contributed by atoms with E-state index >= 15 is 0 Å². The van der Waals surface area contributed by atoms with E-state index in [0.717, 1.165) is 11.3 Å². The molecule has 0 aliphatic rings. The van der Waals surface area contributed by atoms with Gasteiger partial charge in [-0.3, -0.25) is 21.2 Å². The van der Waals surface area contributed by atoms with Crippen LogP contribution < -0.4 is 11.3 Å². The van der Waals surface area contributed by atoms with Gasteiger partial charge in [0.25, 0.3) is 0 Å². The number of benzene rings is 1. The van der Waals surface area contributed by atoms with E-state index in [-0.39, 0.29) is 11.1 Å². The first-order valence-corrected chi connectivity index (χ1v) is 5.74. The summed E-state index contributed by atoms with van der Waals surface area (Å²) >= 11 is 5.73. The third kappa shape index (κ3) is 3.01. The van der Waals surface area contributed by atoms with Gasteiger partial charge in [0.1, 0.15) is 5.82 Å². The monoisotopic (exact) mass is 266 g/mol. The highest BCUT2D eigenvalue weighted by Crippen LogP contribution is 2.20. The molecule has 6 heteroatoms. The third-order valence-electron chi connectivity index (χ3n) is 2.57. The minimum absolute atomic E-state index is 0.0995. The number of nitrogens with one attached hydrogen (secondary N) is 1. The van der Waals surface area contributed by atoms with Crippen LogP contribution in [0.4, 0.5) is 4.39 Å². The molecule has 0 fully saturated rings. The van der Waals surface area contributed by atoms with Crippen LogP contribution in [0.25, 0.3) is 0 Å². The number of halogens is 2. The molecule has 2 aromatic rings. The Balaban J connectivity index is 2.18. The first-order valence-electron chi connectivity index (χ1n) is 5.36. The lowest BCUT2D eigenvalue weighted by atomic mass is 10.0. The van der Waals surface area contributed by atoms with E-state index < -0.39 is 5.82 Å². The van der Waals surface area contributed by atoms with Crippen molar-refractivity contribution in [1.29, 1.82) is 0 Å². The minimum Gasteiger partial charge on any atom is -0.271 e. The summed E-state index contributed by atoms with van der Waals surface area (Å²) in [6.07, 6.45) is 5.37. The Labute approximate surface area is 109 Å². The summed E-state index contributed by atoms with van der Waals surface area (Å²) in [6.45, 7) is 0. The van der Waals surface area contributed by atoms with Crippen molar-refractivity contribution in [2.24, 2.45) is 5.84 Å². The molecular weight excluding hydrogens is 255 g/mol. The molecule has 0 saturated heterocycles. The third-order valence-corrected chi connectivity index (χ3v) is 2.85. The molecule has 1 atom stereocenters. The Morgan fingerprint density at radius 2 is 2.22 bits per heavy atom. The maximum Gasteiger partial charge on any atom is 0.141 e. The lowest BCUT2D eigenvalue weighted by Gasteiger charge is -2.15. The molecule has 94 valence electrons. The second-order valence-corrected chi connectivity index (χ2v) is 4.21. The summed E-state index contributed by atoms with van der Waals surface area (Å²) in [5.74, 6) is 5.06. The topological polar surface area (TPSA) is 63.8 Å². The molecule has 0 amide bonds. The average molecular weight is 267 g/mol. The van der Waals surface area contributed by atoms with Crippen molar-refractivity contribution in [3.8, 4) is 0 Å². The molecule has 2 rings (SSSR count). The van der Waals surface area contributed by atoms with Crippen molar-refractivity contribution in [1.82, 2.24) is 15.4 Å². The Kier molecular flexibility index (Phi) is 4.19. The average Bonchev–Trinajstić information content (AvgIpc) is 2.41. The highest BCUT2D eigenvalue weighted by molar-refractivity contribution is 6.30. The van der Waals surface area contributed by atoms with E-state index in [0.29, 0.717) is 6.42 Å². The van der Waals surface area contributed by atoms with Crippen molar-refractivity contribution in [2.45, 2.75) is 12.5 Å². The standard InChI is InChI=1S/C12H12ClFN4/c13-9-5-8(1-2-10(9)14)6-11(18-15)12-7-16-3-4-17-12/h1-5,7,11,18H,6,15H2. The molecule has 3 N–H and O–H groups in total. The van der Waals surface area contributed by atoms with E-state index in [4.69, 9.17) is 17.4 Å². The summed E-state index contributed by atoms with van der Waals surface area (Å²) in [5, 5.41) is 0.0995. The number of aromatic nitrogens is 2. The van der Waals surface area contributed by atoms with Crippen molar-refractivity contribution < 1.29 is 4.39 Å². The normalized spacial score (nSPS) is 12.4. The molecule has 0 saturated carbocycles. The van der Waals surface area contributed by atoms with Gasteiger partial charge >= 0.3 is 0 Å². The molecule has 0 aliphatic heterocycles. The summed E-state index contributed by atoms with van der Waals surface area (Å²) in [7, 11) is 0. The van der Waals surface area contributed by atoms with Gasteiger partial charge in [0.05, 0.1) is 23.0 Å². The van der Waals surface area contributed by atoms with E-state index in [1.54, 1.807) is 30.7 Å². The Morgan fingerprint density at radius 1 is 1.39 bits per heavy atom. The van der Waals surface area contributed by atoms with Gasteiger partial charge in [-0.1, -0.05) is 17.7 Å². The predicted molar refractivity (Wildman–Crippen MR) is 67.2 cm³/mol. The lowest BCUT2D eigenvalue weighted by molar-refractivity contribution is 0.535.